The molecular formula is C13H10Cl2INO3S. The molecule has 2 N–H and O–H groups in total. The number of nitrogens with two attached hydrogens (primary N) is 1. The molecule has 0 atom stereocenters. The van der Waals surface area contributed by atoms with Gasteiger partial charge in [0.25, 0.3) is 0 Å². The third-order valence-corrected chi connectivity index (χ3v) is 5.27. The highest BCUT2D eigenvalue weighted by molar-refractivity contribution is 14.1. The number of benzene rings is 2. The molecule has 2 aromatic carbocycles. The highest BCUT2D eigenvalue weighted by atomic mass is 127. The average Bonchev–Trinajstić information content (AvgIpc) is 2.41. The van der Waals surface area contributed by atoms with Crippen LogP contribution in [0.3, 0.4) is 0 Å². The molecule has 0 fully saturated rings. The minimum atomic E-state index is -3.92. The predicted octanol–water partition coefficient (Wildman–Crippen LogP) is 3.82. The zero-order valence-electron chi connectivity index (χ0n) is 10.5. The van der Waals surface area contributed by atoms with Gasteiger partial charge < -0.3 is 4.74 Å². The summed E-state index contributed by atoms with van der Waals surface area (Å²) in [6.07, 6.45) is 0. The third-order valence-electron chi connectivity index (χ3n) is 2.63. The first-order valence-electron chi connectivity index (χ1n) is 5.67. The minimum absolute atomic E-state index is 0.0219. The molecule has 0 unspecified atom stereocenters. The van der Waals surface area contributed by atoms with Crippen molar-refractivity contribution in [3.63, 3.8) is 0 Å². The molecule has 0 heterocycles. The number of halogens is 3. The fourth-order valence-corrected chi connectivity index (χ4v) is 3.31. The maximum atomic E-state index is 11.3. The number of hydrogen-bond acceptors (Lipinski definition) is 3. The molecule has 0 radical (unpaired) electrons. The molecule has 0 amide bonds. The Morgan fingerprint density at radius 1 is 1.05 bits per heavy atom. The minimum Gasteiger partial charge on any atom is -0.487 e. The number of primary sulfonamides is 1. The molecule has 2 aromatic rings. The zero-order valence-corrected chi connectivity index (χ0v) is 15.0. The smallest absolute Gasteiger partial charge is 0.239 e. The van der Waals surface area contributed by atoms with Crippen LogP contribution in [0.4, 0.5) is 0 Å². The quantitative estimate of drug-likeness (QED) is 0.709. The lowest BCUT2D eigenvalue weighted by atomic mass is 10.2. The van der Waals surface area contributed by atoms with Crippen LogP contribution in [0.2, 0.25) is 10.0 Å². The van der Waals surface area contributed by atoms with Crippen molar-refractivity contribution in [1.82, 2.24) is 0 Å². The zero-order chi connectivity index (χ0) is 15.6. The Bertz CT molecular complexity index is 764. The SMILES string of the molecule is NS(=O)(=O)c1ccc(OCc2ccc(I)cc2)c(Cl)c1Cl. The van der Waals surface area contributed by atoms with Crippen LogP contribution in [0.15, 0.2) is 41.3 Å². The predicted molar refractivity (Wildman–Crippen MR) is 91.3 cm³/mol. The molecule has 0 saturated heterocycles. The lowest BCUT2D eigenvalue weighted by Gasteiger charge is -2.11. The highest BCUT2D eigenvalue weighted by Gasteiger charge is 2.18. The van der Waals surface area contributed by atoms with E-state index >= 15 is 0 Å². The summed E-state index contributed by atoms with van der Waals surface area (Å²) < 4.78 is 29.3. The van der Waals surface area contributed by atoms with Gasteiger partial charge in [-0.3, -0.25) is 0 Å². The lowest BCUT2D eigenvalue weighted by Crippen LogP contribution is -2.13. The largest absolute Gasteiger partial charge is 0.487 e. The van der Waals surface area contributed by atoms with E-state index in [4.69, 9.17) is 33.1 Å². The van der Waals surface area contributed by atoms with Crippen molar-refractivity contribution >= 4 is 55.8 Å². The Morgan fingerprint density at radius 3 is 2.24 bits per heavy atom. The van der Waals surface area contributed by atoms with E-state index in [2.05, 4.69) is 22.6 Å². The molecule has 0 aliphatic rings. The normalized spacial score (nSPS) is 11.4. The third kappa shape index (κ3) is 4.23. The summed E-state index contributed by atoms with van der Waals surface area (Å²) in [6, 6.07) is 10.5. The van der Waals surface area contributed by atoms with E-state index in [0.29, 0.717) is 12.4 Å². The molecular weight excluding hydrogens is 448 g/mol. The Labute approximate surface area is 146 Å². The maximum absolute atomic E-state index is 11.3. The standard InChI is InChI=1S/C13H10Cl2INO3S/c14-12-10(5-6-11(13(12)15)21(17,18)19)20-7-8-1-3-9(16)4-2-8/h1-6H,7H2,(H2,17,18,19). The average molecular weight is 458 g/mol. The van der Waals surface area contributed by atoms with Crippen LogP contribution < -0.4 is 9.88 Å². The fraction of sp³-hybridized carbons (Fsp3) is 0.0769. The Hall–Kier alpha value is -0.540. The lowest BCUT2D eigenvalue weighted by molar-refractivity contribution is 0.306. The molecule has 112 valence electrons. The van der Waals surface area contributed by atoms with Gasteiger partial charge in [-0.2, -0.15) is 0 Å². The first-order valence-corrected chi connectivity index (χ1v) is 9.05. The van der Waals surface area contributed by atoms with Crippen LogP contribution in [0.1, 0.15) is 5.56 Å². The van der Waals surface area contributed by atoms with Gasteiger partial charge in [0.2, 0.25) is 10.0 Å². The Morgan fingerprint density at radius 2 is 1.67 bits per heavy atom. The highest BCUT2D eigenvalue weighted by Crippen LogP contribution is 2.36. The first-order chi connectivity index (χ1) is 9.79. The van der Waals surface area contributed by atoms with Crippen LogP contribution in [-0.4, -0.2) is 8.42 Å². The van der Waals surface area contributed by atoms with Crippen molar-refractivity contribution in [2.24, 2.45) is 5.14 Å². The van der Waals surface area contributed by atoms with Crippen LogP contribution in [-0.2, 0) is 16.6 Å². The molecule has 0 aliphatic heterocycles. The summed E-state index contributed by atoms with van der Waals surface area (Å²) in [5, 5.41) is 4.93. The number of ether oxygens (including phenoxy) is 1. The summed E-state index contributed by atoms with van der Waals surface area (Å²) in [7, 11) is -3.92. The second-order valence-electron chi connectivity index (χ2n) is 4.15. The van der Waals surface area contributed by atoms with Gasteiger partial charge in [-0.25, -0.2) is 13.6 Å². The second kappa shape index (κ2) is 6.70. The number of rotatable bonds is 4. The summed E-state index contributed by atoms with van der Waals surface area (Å²) in [5.41, 5.74) is 0.957. The maximum Gasteiger partial charge on any atom is 0.239 e. The molecule has 2 rings (SSSR count). The molecule has 8 heteroatoms. The van der Waals surface area contributed by atoms with Gasteiger partial charge in [-0.15, -0.1) is 0 Å². The molecule has 0 aliphatic carbocycles. The van der Waals surface area contributed by atoms with Gasteiger partial charge in [0, 0.05) is 3.57 Å². The van der Waals surface area contributed by atoms with E-state index in [1.807, 2.05) is 24.3 Å². The van der Waals surface area contributed by atoms with Crippen molar-refractivity contribution in [2.45, 2.75) is 11.5 Å². The Balaban J connectivity index is 2.22. The second-order valence-corrected chi connectivity index (χ2v) is 7.68. The summed E-state index contributed by atoms with van der Waals surface area (Å²) in [6.45, 7) is 0.293. The molecule has 0 aromatic heterocycles. The molecule has 21 heavy (non-hydrogen) atoms. The van der Waals surface area contributed by atoms with E-state index in [9.17, 15) is 8.42 Å². The van der Waals surface area contributed by atoms with E-state index in [-0.39, 0.29) is 14.9 Å². The number of sulfonamides is 1. The van der Waals surface area contributed by atoms with Gasteiger partial charge in [0.05, 0.1) is 5.02 Å². The van der Waals surface area contributed by atoms with Crippen LogP contribution in [0.25, 0.3) is 0 Å². The van der Waals surface area contributed by atoms with Crippen molar-refractivity contribution in [2.75, 3.05) is 0 Å². The van der Waals surface area contributed by atoms with Gasteiger partial charge in [-0.1, -0.05) is 35.3 Å². The monoisotopic (exact) mass is 457 g/mol. The van der Waals surface area contributed by atoms with Gasteiger partial charge in [0.1, 0.15) is 22.3 Å². The van der Waals surface area contributed by atoms with Crippen LogP contribution in [0.5, 0.6) is 5.75 Å². The number of hydrogen-bond donors (Lipinski definition) is 1. The van der Waals surface area contributed by atoms with Gasteiger partial charge in [0.15, 0.2) is 0 Å². The first kappa shape index (κ1) is 16.8. The summed E-state index contributed by atoms with van der Waals surface area (Å²) in [4.78, 5) is -0.226. The van der Waals surface area contributed by atoms with Crippen LogP contribution >= 0.6 is 45.8 Å². The molecule has 0 bridgehead atoms. The van der Waals surface area contributed by atoms with Crippen molar-refractivity contribution < 1.29 is 13.2 Å². The Kier molecular flexibility index (Phi) is 5.37. The molecule has 4 nitrogen and oxygen atoms in total. The van der Waals surface area contributed by atoms with E-state index in [0.717, 1.165) is 9.13 Å². The summed E-state index contributed by atoms with van der Waals surface area (Å²) >= 11 is 14.1. The fourth-order valence-electron chi connectivity index (χ4n) is 1.59. The van der Waals surface area contributed by atoms with E-state index in [1.54, 1.807) is 0 Å². The molecule has 0 spiro atoms. The van der Waals surface area contributed by atoms with Crippen molar-refractivity contribution in [1.29, 1.82) is 0 Å². The van der Waals surface area contributed by atoms with Crippen LogP contribution in [0, 0.1) is 3.57 Å². The van der Waals surface area contributed by atoms with Crippen molar-refractivity contribution in [3.05, 3.63) is 55.6 Å². The molecule has 0 saturated carbocycles. The summed E-state index contributed by atoms with van der Waals surface area (Å²) in [5.74, 6) is 0.299. The van der Waals surface area contributed by atoms with E-state index in [1.165, 1.54) is 12.1 Å². The van der Waals surface area contributed by atoms with Crippen molar-refractivity contribution in [3.8, 4) is 5.75 Å². The topological polar surface area (TPSA) is 69.4 Å². The van der Waals surface area contributed by atoms with Gasteiger partial charge >= 0.3 is 0 Å². The van der Waals surface area contributed by atoms with Gasteiger partial charge in [-0.05, 0) is 52.4 Å². The van der Waals surface area contributed by atoms with E-state index < -0.39 is 10.0 Å².